The fourth-order valence-corrected chi connectivity index (χ4v) is 2.66. The molecular weight excluding hydrogens is 206 g/mol. The fourth-order valence-electron chi connectivity index (χ4n) is 2.66. The molecular formula is C16H17N. The van der Waals surface area contributed by atoms with Gasteiger partial charge in [-0.15, -0.1) is 0 Å². The summed E-state index contributed by atoms with van der Waals surface area (Å²) in [6.45, 7) is 7.54. The van der Waals surface area contributed by atoms with E-state index in [4.69, 9.17) is 0 Å². The van der Waals surface area contributed by atoms with E-state index in [2.05, 4.69) is 61.7 Å². The van der Waals surface area contributed by atoms with Gasteiger partial charge in [0.1, 0.15) is 0 Å². The zero-order chi connectivity index (χ0) is 12.0. The molecule has 0 aliphatic heterocycles. The van der Waals surface area contributed by atoms with E-state index < -0.39 is 0 Å². The van der Waals surface area contributed by atoms with E-state index in [0.29, 0.717) is 0 Å². The molecule has 2 aromatic carbocycles. The van der Waals surface area contributed by atoms with Gasteiger partial charge in [-0.25, -0.2) is 0 Å². The van der Waals surface area contributed by atoms with Gasteiger partial charge >= 0.3 is 0 Å². The molecule has 86 valence electrons. The van der Waals surface area contributed by atoms with Crippen molar-refractivity contribution in [3.63, 3.8) is 0 Å². The van der Waals surface area contributed by atoms with Crippen LogP contribution in [0, 0.1) is 13.8 Å². The molecule has 0 unspecified atom stereocenters. The number of hydrogen-bond donors (Lipinski definition) is 0. The lowest BCUT2D eigenvalue weighted by atomic mass is 10.1. The third-order valence-electron chi connectivity index (χ3n) is 3.49. The van der Waals surface area contributed by atoms with Gasteiger partial charge in [-0.1, -0.05) is 24.3 Å². The molecule has 1 nitrogen and oxygen atoms in total. The van der Waals surface area contributed by atoms with Crippen LogP contribution in [0.15, 0.2) is 36.4 Å². The van der Waals surface area contributed by atoms with Crippen LogP contribution in [0.25, 0.3) is 21.8 Å². The van der Waals surface area contributed by atoms with Gasteiger partial charge in [-0.05, 0) is 44.0 Å². The first-order chi connectivity index (χ1) is 8.20. The van der Waals surface area contributed by atoms with Crippen molar-refractivity contribution in [3.8, 4) is 0 Å². The maximum absolute atomic E-state index is 2.41. The third-order valence-corrected chi connectivity index (χ3v) is 3.49. The standard InChI is InChI=1S/C16H17N/c1-4-17-15-9-11(2)5-7-13(15)14-8-6-12(3)10-16(14)17/h5-10H,4H2,1-3H3. The maximum atomic E-state index is 2.41. The average Bonchev–Trinajstić information content (AvgIpc) is 2.60. The Hall–Kier alpha value is -1.76. The summed E-state index contributed by atoms with van der Waals surface area (Å²) in [6, 6.07) is 13.5. The summed E-state index contributed by atoms with van der Waals surface area (Å²) >= 11 is 0. The molecule has 3 rings (SSSR count). The smallest absolute Gasteiger partial charge is 0.0493 e. The van der Waals surface area contributed by atoms with Crippen molar-refractivity contribution in [2.24, 2.45) is 0 Å². The summed E-state index contributed by atoms with van der Waals surface area (Å²) in [6.07, 6.45) is 0. The molecule has 1 heterocycles. The first kappa shape index (κ1) is 10.4. The predicted molar refractivity (Wildman–Crippen MR) is 74.6 cm³/mol. The van der Waals surface area contributed by atoms with Gasteiger partial charge in [0.2, 0.25) is 0 Å². The Morgan fingerprint density at radius 3 is 1.71 bits per heavy atom. The Balaban J connectivity index is 2.56. The number of hydrogen-bond acceptors (Lipinski definition) is 0. The molecule has 0 bridgehead atoms. The van der Waals surface area contributed by atoms with Crippen molar-refractivity contribution < 1.29 is 0 Å². The summed E-state index contributed by atoms with van der Waals surface area (Å²) in [7, 11) is 0. The van der Waals surface area contributed by atoms with Crippen molar-refractivity contribution in [2.45, 2.75) is 27.3 Å². The van der Waals surface area contributed by atoms with Crippen LogP contribution >= 0.6 is 0 Å². The highest BCUT2D eigenvalue weighted by Gasteiger charge is 2.09. The molecule has 0 spiro atoms. The Morgan fingerprint density at radius 1 is 0.824 bits per heavy atom. The maximum Gasteiger partial charge on any atom is 0.0493 e. The summed E-state index contributed by atoms with van der Waals surface area (Å²) in [5.41, 5.74) is 5.36. The lowest BCUT2D eigenvalue weighted by molar-refractivity contribution is 0.826. The van der Waals surface area contributed by atoms with Crippen molar-refractivity contribution in [3.05, 3.63) is 47.5 Å². The Kier molecular flexibility index (Phi) is 2.22. The second kappa shape index (κ2) is 3.63. The number of aromatic nitrogens is 1. The molecule has 0 atom stereocenters. The van der Waals surface area contributed by atoms with Crippen LogP contribution in [0.2, 0.25) is 0 Å². The van der Waals surface area contributed by atoms with Crippen molar-refractivity contribution in [1.29, 1.82) is 0 Å². The van der Waals surface area contributed by atoms with Crippen molar-refractivity contribution in [1.82, 2.24) is 4.57 Å². The second-order valence-electron chi connectivity index (χ2n) is 4.79. The molecule has 0 aliphatic carbocycles. The van der Waals surface area contributed by atoms with Crippen molar-refractivity contribution in [2.75, 3.05) is 0 Å². The summed E-state index contributed by atoms with van der Waals surface area (Å²) in [5.74, 6) is 0. The van der Waals surface area contributed by atoms with E-state index in [0.717, 1.165) is 6.54 Å². The van der Waals surface area contributed by atoms with E-state index in [9.17, 15) is 0 Å². The van der Waals surface area contributed by atoms with E-state index in [1.165, 1.54) is 32.9 Å². The average molecular weight is 223 g/mol. The zero-order valence-corrected chi connectivity index (χ0v) is 10.6. The van der Waals surface area contributed by atoms with Crippen LogP contribution in [-0.4, -0.2) is 4.57 Å². The minimum absolute atomic E-state index is 1.02. The molecule has 0 aliphatic rings. The molecule has 3 aromatic rings. The van der Waals surface area contributed by atoms with Crippen LogP contribution in [0.1, 0.15) is 18.1 Å². The number of nitrogens with zero attached hydrogens (tertiary/aromatic N) is 1. The van der Waals surface area contributed by atoms with Crippen LogP contribution in [0.5, 0.6) is 0 Å². The van der Waals surface area contributed by atoms with Crippen molar-refractivity contribution >= 4 is 21.8 Å². The lowest BCUT2D eigenvalue weighted by Crippen LogP contribution is -1.93. The van der Waals surface area contributed by atoms with Gasteiger partial charge in [0.15, 0.2) is 0 Å². The minimum Gasteiger partial charge on any atom is -0.341 e. The largest absolute Gasteiger partial charge is 0.341 e. The van der Waals surface area contributed by atoms with E-state index in [1.807, 2.05) is 0 Å². The molecule has 0 N–H and O–H groups in total. The van der Waals surface area contributed by atoms with Crippen LogP contribution in [0.3, 0.4) is 0 Å². The SMILES string of the molecule is CCn1c2cc(C)ccc2c2ccc(C)cc21. The normalized spacial score (nSPS) is 11.5. The van der Waals surface area contributed by atoms with Crippen LogP contribution < -0.4 is 0 Å². The number of rotatable bonds is 1. The Bertz CT molecular complexity index is 645. The van der Waals surface area contributed by atoms with Crippen LogP contribution in [-0.2, 0) is 6.54 Å². The lowest BCUT2D eigenvalue weighted by Gasteiger charge is -2.03. The highest BCUT2D eigenvalue weighted by atomic mass is 15.0. The Labute approximate surface area is 102 Å². The molecule has 0 radical (unpaired) electrons. The predicted octanol–water partition coefficient (Wildman–Crippen LogP) is 4.43. The molecule has 0 saturated heterocycles. The molecule has 0 amide bonds. The Morgan fingerprint density at radius 2 is 1.29 bits per heavy atom. The van der Waals surface area contributed by atoms with E-state index in [-0.39, 0.29) is 0 Å². The monoisotopic (exact) mass is 223 g/mol. The minimum atomic E-state index is 1.02. The quantitative estimate of drug-likeness (QED) is 0.575. The second-order valence-corrected chi connectivity index (χ2v) is 4.79. The zero-order valence-electron chi connectivity index (χ0n) is 10.6. The van der Waals surface area contributed by atoms with Gasteiger partial charge in [-0.3, -0.25) is 0 Å². The topological polar surface area (TPSA) is 4.93 Å². The van der Waals surface area contributed by atoms with Gasteiger partial charge in [0, 0.05) is 28.4 Å². The van der Waals surface area contributed by atoms with E-state index in [1.54, 1.807) is 0 Å². The summed E-state index contributed by atoms with van der Waals surface area (Å²) < 4.78 is 2.41. The summed E-state index contributed by atoms with van der Waals surface area (Å²) in [4.78, 5) is 0. The highest BCUT2D eigenvalue weighted by Crippen LogP contribution is 2.30. The molecule has 1 heteroatoms. The first-order valence-electron chi connectivity index (χ1n) is 6.20. The molecule has 17 heavy (non-hydrogen) atoms. The molecule has 1 aromatic heterocycles. The van der Waals surface area contributed by atoms with Gasteiger partial charge in [0.05, 0.1) is 0 Å². The fraction of sp³-hybridized carbons (Fsp3) is 0.250. The highest BCUT2D eigenvalue weighted by molar-refractivity contribution is 6.08. The third kappa shape index (κ3) is 1.46. The van der Waals surface area contributed by atoms with Crippen LogP contribution in [0.4, 0.5) is 0 Å². The number of aryl methyl sites for hydroxylation is 3. The number of benzene rings is 2. The van der Waals surface area contributed by atoms with Gasteiger partial charge in [0.25, 0.3) is 0 Å². The number of fused-ring (bicyclic) bond motifs is 3. The van der Waals surface area contributed by atoms with Gasteiger partial charge in [-0.2, -0.15) is 0 Å². The molecule has 0 saturated carbocycles. The molecule has 0 fully saturated rings. The van der Waals surface area contributed by atoms with E-state index >= 15 is 0 Å². The van der Waals surface area contributed by atoms with Gasteiger partial charge < -0.3 is 4.57 Å². The first-order valence-corrected chi connectivity index (χ1v) is 6.20. The summed E-state index contributed by atoms with van der Waals surface area (Å²) in [5, 5.41) is 2.74.